The number of amides is 1. The van der Waals surface area contributed by atoms with E-state index >= 15 is 0 Å². The fraction of sp³-hybridized carbons (Fsp3) is 0.533. The molecule has 2 aliphatic heterocycles. The van der Waals surface area contributed by atoms with Gasteiger partial charge in [-0.15, -0.1) is 0 Å². The third-order valence-electron chi connectivity index (χ3n) is 4.50. The van der Waals surface area contributed by atoms with Crippen LogP contribution in [0.3, 0.4) is 0 Å². The number of hydrogen-bond donors (Lipinski definition) is 3. The molecule has 23 heavy (non-hydrogen) atoms. The van der Waals surface area contributed by atoms with E-state index in [9.17, 15) is 13.2 Å². The van der Waals surface area contributed by atoms with E-state index in [0.717, 1.165) is 32.4 Å². The topological polar surface area (TPSA) is 111 Å². The zero-order valence-electron chi connectivity index (χ0n) is 12.7. The molecular weight excluding hydrogens is 318 g/mol. The average Bonchev–Trinajstić information content (AvgIpc) is 2.89. The Morgan fingerprint density at radius 2 is 1.91 bits per heavy atom. The molecule has 2 fully saturated rings. The minimum absolute atomic E-state index is 0.00749. The summed E-state index contributed by atoms with van der Waals surface area (Å²) in [7, 11) is -3.74. The van der Waals surface area contributed by atoms with Gasteiger partial charge in [0.05, 0.1) is 23.1 Å². The van der Waals surface area contributed by atoms with Gasteiger partial charge in [0.2, 0.25) is 10.0 Å². The van der Waals surface area contributed by atoms with Crippen LogP contribution in [0.15, 0.2) is 29.2 Å². The molecule has 1 amide bonds. The van der Waals surface area contributed by atoms with Crippen molar-refractivity contribution in [3.63, 3.8) is 0 Å². The van der Waals surface area contributed by atoms with Gasteiger partial charge in [-0.1, -0.05) is 0 Å². The SMILES string of the molecule is NS(=O)(=O)c1ccc(C(=O)N[C@H]2COC3(CCNCC3)C2)cc1. The van der Waals surface area contributed by atoms with Crippen LogP contribution in [-0.2, 0) is 14.8 Å². The molecular formula is C15H21N3O4S. The standard InChI is InChI=1S/C15H21N3O4S/c16-23(20,21)13-3-1-11(2-4-13)14(19)18-12-9-15(22-10-12)5-7-17-8-6-15/h1-4,12,17H,5-10H2,(H,18,19)(H2,16,20,21)/t12-/m1/s1. The number of benzene rings is 1. The molecule has 0 aliphatic carbocycles. The molecule has 1 aromatic rings. The smallest absolute Gasteiger partial charge is 0.251 e. The number of nitrogens with one attached hydrogen (secondary N) is 2. The van der Waals surface area contributed by atoms with E-state index in [2.05, 4.69) is 10.6 Å². The first-order valence-electron chi connectivity index (χ1n) is 7.66. The Balaban J connectivity index is 1.61. The minimum atomic E-state index is -3.74. The third-order valence-corrected chi connectivity index (χ3v) is 5.43. The maximum atomic E-state index is 12.3. The monoisotopic (exact) mass is 339 g/mol. The molecule has 1 aromatic carbocycles. The highest BCUT2D eigenvalue weighted by molar-refractivity contribution is 7.89. The first-order chi connectivity index (χ1) is 10.9. The van der Waals surface area contributed by atoms with Crippen LogP contribution in [0.1, 0.15) is 29.6 Å². The van der Waals surface area contributed by atoms with E-state index in [1.165, 1.54) is 24.3 Å². The van der Waals surface area contributed by atoms with Gasteiger partial charge in [0.1, 0.15) is 0 Å². The molecule has 126 valence electrons. The number of nitrogens with two attached hydrogens (primary N) is 1. The van der Waals surface area contributed by atoms with Gasteiger partial charge >= 0.3 is 0 Å². The molecule has 1 atom stereocenters. The molecule has 0 unspecified atom stereocenters. The number of primary sulfonamides is 1. The zero-order chi connectivity index (χ0) is 16.5. The largest absolute Gasteiger partial charge is 0.373 e. The van der Waals surface area contributed by atoms with Gasteiger partial charge in [0.25, 0.3) is 5.91 Å². The molecule has 7 nitrogen and oxygen atoms in total. The lowest BCUT2D eigenvalue weighted by atomic mass is 9.88. The van der Waals surface area contributed by atoms with Crippen molar-refractivity contribution in [2.24, 2.45) is 5.14 Å². The van der Waals surface area contributed by atoms with E-state index in [1.807, 2.05) is 0 Å². The van der Waals surface area contributed by atoms with Gasteiger partial charge in [-0.05, 0) is 56.6 Å². The average molecular weight is 339 g/mol. The maximum absolute atomic E-state index is 12.3. The summed E-state index contributed by atoms with van der Waals surface area (Å²) in [6.07, 6.45) is 2.74. The summed E-state index contributed by atoms with van der Waals surface area (Å²) in [5.41, 5.74) is 0.296. The van der Waals surface area contributed by atoms with Crippen LogP contribution in [0.5, 0.6) is 0 Å². The van der Waals surface area contributed by atoms with Crippen LogP contribution in [0, 0.1) is 0 Å². The quantitative estimate of drug-likeness (QED) is 0.716. The second-order valence-electron chi connectivity index (χ2n) is 6.19. The fourth-order valence-electron chi connectivity index (χ4n) is 3.23. The molecule has 8 heteroatoms. The van der Waals surface area contributed by atoms with Crippen molar-refractivity contribution in [3.05, 3.63) is 29.8 Å². The van der Waals surface area contributed by atoms with E-state index in [0.29, 0.717) is 12.2 Å². The summed E-state index contributed by atoms with van der Waals surface area (Å²) in [6, 6.07) is 5.59. The molecule has 2 saturated heterocycles. The van der Waals surface area contributed by atoms with Gasteiger partial charge in [0.15, 0.2) is 0 Å². The van der Waals surface area contributed by atoms with Gasteiger partial charge < -0.3 is 15.4 Å². The predicted molar refractivity (Wildman–Crippen MR) is 84.5 cm³/mol. The number of ether oxygens (including phenoxy) is 1. The van der Waals surface area contributed by atoms with Gasteiger partial charge in [-0.3, -0.25) is 4.79 Å². The van der Waals surface area contributed by atoms with Crippen molar-refractivity contribution in [2.45, 2.75) is 35.8 Å². The van der Waals surface area contributed by atoms with Crippen molar-refractivity contribution in [3.8, 4) is 0 Å². The number of rotatable bonds is 3. The number of hydrogen-bond acceptors (Lipinski definition) is 5. The van der Waals surface area contributed by atoms with Gasteiger partial charge in [-0.25, -0.2) is 13.6 Å². The summed E-state index contributed by atoms with van der Waals surface area (Å²) >= 11 is 0. The van der Waals surface area contributed by atoms with Crippen molar-refractivity contribution < 1.29 is 17.9 Å². The fourth-order valence-corrected chi connectivity index (χ4v) is 3.75. The lowest BCUT2D eigenvalue weighted by Gasteiger charge is -2.32. The van der Waals surface area contributed by atoms with Crippen LogP contribution >= 0.6 is 0 Å². The lowest BCUT2D eigenvalue weighted by molar-refractivity contribution is -0.0194. The Labute approximate surface area is 135 Å². The van der Waals surface area contributed by atoms with E-state index in [-0.39, 0.29) is 22.4 Å². The summed E-state index contributed by atoms with van der Waals surface area (Å²) in [4.78, 5) is 12.3. The second kappa shape index (κ2) is 6.20. The molecule has 1 spiro atoms. The van der Waals surface area contributed by atoms with E-state index in [4.69, 9.17) is 9.88 Å². The number of carbonyl (C=O) groups excluding carboxylic acids is 1. The second-order valence-corrected chi connectivity index (χ2v) is 7.75. The Morgan fingerprint density at radius 1 is 1.26 bits per heavy atom. The summed E-state index contributed by atoms with van der Waals surface area (Å²) < 4.78 is 28.4. The minimum Gasteiger partial charge on any atom is -0.373 e. The maximum Gasteiger partial charge on any atom is 0.251 e. The van der Waals surface area contributed by atoms with Crippen molar-refractivity contribution in [1.82, 2.24) is 10.6 Å². The van der Waals surface area contributed by atoms with Gasteiger partial charge in [0, 0.05) is 5.56 Å². The van der Waals surface area contributed by atoms with E-state index in [1.54, 1.807) is 0 Å². The molecule has 4 N–H and O–H groups in total. The summed E-state index contributed by atoms with van der Waals surface area (Å²) in [6.45, 7) is 2.40. The first-order valence-corrected chi connectivity index (χ1v) is 9.21. The summed E-state index contributed by atoms with van der Waals surface area (Å²) in [5, 5.41) is 11.3. The van der Waals surface area contributed by atoms with Crippen molar-refractivity contribution in [2.75, 3.05) is 19.7 Å². The first kappa shape index (κ1) is 16.4. The predicted octanol–water partition coefficient (Wildman–Crippen LogP) is -0.0251. The number of piperidine rings is 1. The summed E-state index contributed by atoms with van der Waals surface area (Å²) in [5.74, 6) is -0.231. The Hall–Kier alpha value is -1.48. The zero-order valence-corrected chi connectivity index (χ0v) is 13.6. The van der Waals surface area contributed by atoms with Crippen LogP contribution in [-0.4, -0.2) is 45.7 Å². The highest BCUT2D eigenvalue weighted by atomic mass is 32.2. The Morgan fingerprint density at radius 3 is 2.52 bits per heavy atom. The van der Waals surface area contributed by atoms with Crippen LogP contribution in [0.2, 0.25) is 0 Å². The normalized spacial score (nSPS) is 23.8. The Bertz CT molecular complexity index is 681. The van der Waals surface area contributed by atoms with Crippen LogP contribution in [0.25, 0.3) is 0 Å². The van der Waals surface area contributed by atoms with Crippen LogP contribution < -0.4 is 15.8 Å². The number of carbonyl (C=O) groups is 1. The Kier molecular flexibility index (Phi) is 4.41. The van der Waals surface area contributed by atoms with Crippen molar-refractivity contribution in [1.29, 1.82) is 0 Å². The van der Waals surface area contributed by atoms with Crippen LogP contribution in [0.4, 0.5) is 0 Å². The number of sulfonamides is 1. The molecule has 0 radical (unpaired) electrons. The van der Waals surface area contributed by atoms with Crippen molar-refractivity contribution >= 4 is 15.9 Å². The highest BCUT2D eigenvalue weighted by Crippen LogP contribution is 2.33. The molecule has 0 bridgehead atoms. The molecule has 0 saturated carbocycles. The van der Waals surface area contributed by atoms with E-state index < -0.39 is 10.0 Å². The molecule has 0 aromatic heterocycles. The lowest BCUT2D eigenvalue weighted by Crippen LogP contribution is -2.43. The van der Waals surface area contributed by atoms with Gasteiger partial charge in [-0.2, -0.15) is 0 Å². The molecule has 3 rings (SSSR count). The molecule has 2 heterocycles. The highest BCUT2D eigenvalue weighted by Gasteiger charge is 2.41. The molecule has 2 aliphatic rings. The third kappa shape index (κ3) is 3.72.